The molecule has 6 nitrogen and oxygen atoms in total. The fraction of sp³-hybridized carbons (Fsp3) is 0.933. The van der Waals surface area contributed by atoms with Crippen LogP contribution < -0.4 is 5.32 Å². The average molecular weight is 297 g/mol. The van der Waals surface area contributed by atoms with Crippen LogP contribution in [-0.4, -0.2) is 86.4 Å². The molecule has 120 valence electrons. The Balaban J connectivity index is 1.49. The summed E-state index contributed by atoms with van der Waals surface area (Å²) in [4.78, 5) is 15.8. The highest BCUT2D eigenvalue weighted by atomic mass is 16.5. The van der Waals surface area contributed by atoms with Crippen LogP contribution in [0.25, 0.3) is 0 Å². The number of ether oxygens (including phenoxy) is 2. The van der Waals surface area contributed by atoms with Gasteiger partial charge in [-0.05, 0) is 12.8 Å². The topological polar surface area (TPSA) is 54.0 Å². The zero-order chi connectivity index (χ0) is 14.7. The first-order valence-electron chi connectivity index (χ1n) is 8.15. The molecule has 0 aromatic heterocycles. The van der Waals surface area contributed by atoms with Crippen molar-refractivity contribution in [2.45, 2.75) is 37.9 Å². The minimum atomic E-state index is 0.198. The summed E-state index contributed by atoms with van der Waals surface area (Å²) in [5, 5.41) is 3.78. The van der Waals surface area contributed by atoms with Crippen molar-refractivity contribution in [1.82, 2.24) is 15.1 Å². The summed E-state index contributed by atoms with van der Waals surface area (Å²) >= 11 is 0. The molecule has 0 saturated carbocycles. The minimum Gasteiger partial charge on any atom is -0.379 e. The van der Waals surface area contributed by atoms with E-state index in [9.17, 15) is 4.79 Å². The molecule has 6 heteroatoms. The van der Waals surface area contributed by atoms with Crippen molar-refractivity contribution in [3.05, 3.63) is 0 Å². The molecule has 3 saturated heterocycles. The number of hydrogen-bond donors (Lipinski definition) is 1. The third kappa shape index (κ3) is 3.74. The minimum absolute atomic E-state index is 0.198. The number of carbonyl (C=O) groups excluding carboxylic acids is 1. The van der Waals surface area contributed by atoms with Gasteiger partial charge >= 0.3 is 0 Å². The number of likely N-dealkylation sites (tertiary alicyclic amines) is 1. The lowest BCUT2D eigenvalue weighted by molar-refractivity contribution is -0.129. The zero-order valence-electron chi connectivity index (χ0n) is 12.9. The predicted octanol–water partition coefficient (Wildman–Crippen LogP) is -0.313. The second-order valence-corrected chi connectivity index (χ2v) is 6.31. The normalized spacial score (nSPS) is 32.5. The summed E-state index contributed by atoms with van der Waals surface area (Å²) in [5.41, 5.74) is 0. The summed E-state index contributed by atoms with van der Waals surface area (Å²) in [7, 11) is 0. The van der Waals surface area contributed by atoms with Gasteiger partial charge in [-0.15, -0.1) is 0 Å². The Morgan fingerprint density at radius 3 is 2.43 bits per heavy atom. The van der Waals surface area contributed by atoms with Crippen LogP contribution in [0.3, 0.4) is 0 Å². The molecule has 1 N–H and O–H groups in total. The Kier molecular flexibility index (Phi) is 5.11. The maximum Gasteiger partial charge on any atom is 0.219 e. The molecule has 21 heavy (non-hydrogen) atoms. The number of carbonyl (C=O) groups is 1. The molecule has 3 fully saturated rings. The number of amides is 1. The van der Waals surface area contributed by atoms with Gasteiger partial charge in [0, 0.05) is 45.2 Å². The number of nitrogens with zero attached hydrogens (tertiary/aromatic N) is 2. The highest BCUT2D eigenvalue weighted by molar-refractivity contribution is 5.73. The monoisotopic (exact) mass is 297 g/mol. The van der Waals surface area contributed by atoms with Crippen molar-refractivity contribution in [3.63, 3.8) is 0 Å². The van der Waals surface area contributed by atoms with Crippen molar-refractivity contribution >= 4 is 5.91 Å². The highest BCUT2D eigenvalue weighted by Crippen LogP contribution is 2.18. The van der Waals surface area contributed by atoms with E-state index in [-0.39, 0.29) is 5.91 Å². The summed E-state index contributed by atoms with van der Waals surface area (Å²) in [6.07, 6.45) is 2.10. The maximum absolute atomic E-state index is 11.4. The molecule has 3 aliphatic heterocycles. The summed E-state index contributed by atoms with van der Waals surface area (Å²) in [6.45, 7) is 8.72. The first kappa shape index (κ1) is 15.2. The number of rotatable bonds is 3. The van der Waals surface area contributed by atoms with E-state index in [4.69, 9.17) is 9.47 Å². The van der Waals surface area contributed by atoms with Crippen molar-refractivity contribution < 1.29 is 14.3 Å². The maximum atomic E-state index is 11.4. The van der Waals surface area contributed by atoms with Gasteiger partial charge < -0.3 is 19.7 Å². The summed E-state index contributed by atoms with van der Waals surface area (Å²) in [6, 6.07) is 1.40. The molecule has 3 aliphatic rings. The van der Waals surface area contributed by atoms with Gasteiger partial charge in [0.2, 0.25) is 5.91 Å². The third-order valence-corrected chi connectivity index (χ3v) is 4.96. The van der Waals surface area contributed by atoms with Crippen molar-refractivity contribution in [3.8, 4) is 0 Å². The van der Waals surface area contributed by atoms with E-state index in [0.717, 1.165) is 65.4 Å². The smallest absolute Gasteiger partial charge is 0.219 e. The van der Waals surface area contributed by atoms with Crippen LogP contribution in [0.2, 0.25) is 0 Å². The van der Waals surface area contributed by atoms with Crippen LogP contribution in [-0.2, 0) is 14.3 Å². The van der Waals surface area contributed by atoms with Crippen LogP contribution in [0.1, 0.15) is 19.8 Å². The fourth-order valence-corrected chi connectivity index (χ4v) is 3.63. The third-order valence-electron chi connectivity index (χ3n) is 4.96. The fourth-order valence-electron chi connectivity index (χ4n) is 3.63. The Labute approximate surface area is 126 Å². The van der Waals surface area contributed by atoms with Crippen molar-refractivity contribution in [1.29, 1.82) is 0 Å². The predicted molar refractivity (Wildman–Crippen MR) is 79.2 cm³/mol. The quantitative estimate of drug-likeness (QED) is 0.774. The molecular formula is C15H27N3O3. The molecule has 0 aromatic carbocycles. The highest BCUT2D eigenvalue weighted by Gasteiger charge is 2.35. The number of hydrogen-bond acceptors (Lipinski definition) is 5. The van der Waals surface area contributed by atoms with Crippen LogP contribution in [0.5, 0.6) is 0 Å². The first-order chi connectivity index (χ1) is 10.2. The van der Waals surface area contributed by atoms with Crippen molar-refractivity contribution in [2.75, 3.05) is 52.6 Å². The molecule has 0 aromatic rings. The van der Waals surface area contributed by atoms with Crippen molar-refractivity contribution in [2.24, 2.45) is 0 Å². The van der Waals surface area contributed by atoms with Gasteiger partial charge in [-0.3, -0.25) is 9.69 Å². The molecule has 0 unspecified atom stereocenters. The molecule has 3 heterocycles. The summed E-state index contributed by atoms with van der Waals surface area (Å²) in [5.74, 6) is 0.198. The lowest BCUT2D eigenvalue weighted by Crippen LogP contribution is -2.56. The largest absolute Gasteiger partial charge is 0.379 e. The molecule has 0 aliphatic carbocycles. The Morgan fingerprint density at radius 2 is 1.76 bits per heavy atom. The molecule has 1 amide bonds. The Morgan fingerprint density at radius 1 is 1.05 bits per heavy atom. The van der Waals surface area contributed by atoms with E-state index in [0.29, 0.717) is 18.1 Å². The van der Waals surface area contributed by atoms with E-state index >= 15 is 0 Å². The second kappa shape index (κ2) is 7.05. The van der Waals surface area contributed by atoms with Crippen LogP contribution in [0.4, 0.5) is 0 Å². The number of nitrogens with one attached hydrogen (secondary N) is 1. The van der Waals surface area contributed by atoms with Gasteiger partial charge in [0.1, 0.15) is 0 Å². The standard InChI is InChI=1S/C15H27N3O3/c1-12(19)17-4-2-13(3-5-17)16-14-10-21-11-15(14)18-6-8-20-9-7-18/h13-16H,2-11H2,1H3/t14-,15-/m0/s1. The van der Waals surface area contributed by atoms with Crippen LogP contribution in [0, 0.1) is 0 Å². The molecule has 0 radical (unpaired) electrons. The van der Waals surface area contributed by atoms with Gasteiger partial charge in [-0.2, -0.15) is 0 Å². The molecule has 3 rings (SSSR count). The molecular weight excluding hydrogens is 270 g/mol. The van der Waals surface area contributed by atoms with Gasteiger partial charge in [0.25, 0.3) is 0 Å². The van der Waals surface area contributed by atoms with E-state index in [1.807, 2.05) is 4.90 Å². The lowest BCUT2D eigenvalue weighted by atomic mass is 10.0. The zero-order valence-corrected chi connectivity index (χ0v) is 12.9. The second-order valence-electron chi connectivity index (χ2n) is 6.31. The van der Waals surface area contributed by atoms with E-state index in [2.05, 4.69) is 10.2 Å². The van der Waals surface area contributed by atoms with Gasteiger partial charge in [0.05, 0.1) is 32.5 Å². The first-order valence-corrected chi connectivity index (χ1v) is 8.15. The van der Waals surface area contributed by atoms with Crippen LogP contribution in [0.15, 0.2) is 0 Å². The van der Waals surface area contributed by atoms with Crippen LogP contribution >= 0.6 is 0 Å². The lowest BCUT2D eigenvalue weighted by Gasteiger charge is -2.38. The molecule has 2 atom stereocenters. The van der Waals surface area contributed by atoms with Gasteiger partial charge in [-0.1, -0.05) is 0 Å². The average Bonchev–Trinajstić information content (AvgIpc) is 2.97. The molecule has 0 bridgehead atoms. The van der Waals surface area contributed by atoms with E-state index in [1.165, 1.54) is 0 Å². The van der Waals surface area contributed by atoms with E-state index in [1.54, 1.807) is 6.92 Å². The van der Waals surface area contributed by atoms with Gasteiger partial charge in [-0.25, -0.2) is 0 Å². The number of piperidine rings is 1. The van der Waals surface area contributed by atoms with Gasteiger partial charge in [0.15, 0.2) is 0 Å². The van der Waals surface area contributed by atoms with E-state index < -0.39 is 0 Å². The number of morpholine rings is 1. The Hall–Kier alpha value is -0.690. The molecule has 0 spiro atoms. The SMILES string of the molecule is CC(=O)N1CCC(N[C@H]2COC[C@@H]2N2CCOCC2)CC1. The Bertz CT molecular complexity index is 352. The summed E-state index contributed by atoms with van der Waals surface area (Å²) < 4.78 is 11.2.